The van der Waals surface area contributed by atoms with Crippen molar-refractivity contribution in [3.05, 3.63) is 65.0 Å². The number of phenols is 1. The van der Waals surface area contributed by atoms with Gasteiger partial charge in [0.1, 0.15) is 5.82 Å². The van der Waals surface area contributed by atoms with Crippen molar-refractivity contribution in [2.45, 2.75) is 12.5 Å². The van der Waals surface area contributed by atoms with Gasteiger partial charge in [-0.15, -0.1) is 11.3 Å². The van der Waals surface area contributed by atoms with Crippen LogP contribution in [0.5, 0.6) is 5.75 Å². The highest BCUT2D eigenvalue weighted by Crippen LogP contribution is 2.30. The fourth-order valence-electron chi connectivity index (χ4n) is 2.00. The molecule has 3 N–H and O–H groups in total. The topological polar surface area (TPSA) is 60.7 Å². The van der Waals surface area contributed by atoms with Crippen LogP contribution in [0.15, 0.2) is 47.8 Å². The van der Waals surface area contributed by atoms with Crippen molar-refractivity contribution in [2.75, 3.05) is 6.61 Å². The third-order valence-electron chi connectivity index (χ3n) is 3.13. The lowest BCUT2D eigenvalue weighted by molar-refractivity contribution is 0.0954. The Hall–Kier alpha value is -2.02. The first-order valence-corrected chi connectivity index (χ1v) is 7.77. The Kier molecular flexibility index (Phi) is 6.04. The van der Waals surface area contributed by atoms with Gasteiger partial charge in [-0.3, -0.25) is 0 Å². The van der Waals surface area contributed by atoms with E-state index in [1.165, 1.54) is 29.5 Å². The van der Waals surface area contributed by atoms with E-state index >= 15 is 0 Å². The maximum absolute atomic E-state index is 12.7. The number of hydrogen-bond acceptors (Lipinski definition) is 4. The third-order valence-corrected chi connectivity index (χ3v) is 4.01. The van der Waals surface area contributed by atoms with Crippen molar-refractivity contribution in [2.24, 2.45) is 0 Å². The molecule has 3 rings (SSSR count). The van der Waals surface area contributed by atoms with E-state index < -0.39 is 11.9 Å². The van der Waals surface area contributed by atoms with E-state index in [1.807, 2.05) is 5.38 Å². The first kappa shape index (κ1) is 17.3. The molecule has 2 aromatic carbocycles. The Balaban J connectivity index is 0.000000167. The number of phenolic OH excluding ortho intramolecular Hbond substituents is 1. The molecule has 122 valence electrons. The van der Waals surface area contributed by atoms with Gasteiger partial charge in [-0.2, -0.15) is 0 Å². The average molecular weight is 338 g/mol. The smallest absolute Gasteiger partial charge is 0.165 e. The zero-order valence-electron chi connectivity index (χ0n) is 12.1. The minimum Gasteiger partial charge on any atom is -0.504 e. The maximum atomic E-state index is 12.7. The van der Waals surface area contributed by atoms with Crippen LogP contribution in [0.4, 0.5) is 8.78 Å². The number of aliphatic hydroxyl groups is 2. The molecule has 1 aromatic heterocycles. The first-order chi connectivity index (χ1) is 11.0. The summed E-state index contributed by atoms with van der Waals surface area (Å²) in [4.78, 5) is 0. The fourth-order valence-corrected chi connectivity index (χ4v) is 2.79. The minimum absolute atomic E-state index is 0.247. The lowest BCUT2D eigenvalue weighted by atomic mass is 10.1. The normalized spacial score (nSPS) is 11.8. The highest BCUT2D eigenvalue weighted by atomic mass is 32.1. The van der Waals surface area contributed by atoms with Gasteiger partial charge < -0.3 is 15.3 Å². The lowest BCUT2D eigenvalue weighted by Gasteiger charge is -2.06. The van der Waals surface area contributed by atoms with Gasteiger partial charge in [0.05, 0.1) is 12.7 Å². The molecule has 23 heavy (non-hydrogen) atoms. The average Bonchev–Trinajstić information content (AvgIpc) is 3.01. The molecule has 0 saturated heterocycles. The van der Waals surface area contributed by atoms with Crippen LogP contribution in [0.25, 0.3) is 10.1 Å². The molecule has 1 heterocycles. The van der Waals surface area contributed by atoms with Gasteiger partial charge in [0.2, 0.25) is 0 Å². The molecule has 0 aliphatic heterocycles. The molecule has 0 aliphatic carbocycles. The van der Waals surface area contributed by atoms with Gasteiger partial charge in [-0.05, 0) is 41.3 Å². The van der Waals surface area contributed by atoms with Crippen LogP contribution in [0.1, 0.15) is 5.56 Å². The highest BCUT2D eigenvalue weighted by molar-refractivity contribution is 7.17. The molecule has 0 radical (unpaired) electrons. The highest BCUT2D eigenvalue weighted by Gasteiger charge is 2.05. The summed E-state index contributed by atoms with van der Waals surface area (Å²) in [5.74, 6) is -1.13. The Morgan fingerprint density at radius 3 is 2.57 bits per heavy atom. The summed E-state index contributed by atoms with van der Waals surface area (Å²) in [5, 5.41) is 29.1. The first-order valence-electron chi connectivity index (χ1n) is 6.89. The molecule has 1 unspecified atom stereocenters. The summed E-state index contributed by atoms with van der Waals surface area (Å²) < 4.78 is 26.2. The predicted molar refractivity (Wildman–Crippen MR) is 86.6 cm³/mol. The SMILES string of the molecule is OCC(O)Cc1cccc(F)c1.Oc1c(F)ccc2sccc12. The van der Waals surface area contributed by atoms with Crippen LogP contribution in [0.2, 0.25) is 0 Å². The van der Waals surface area contributed by atoms with Gasteiger partial charge in [-0.1, -0.05) is 12.1 Å². The molecule has 1 atom stereocenters. The Morgan fingerprint density at radius 2 is 1.87 bits per heavy atom. The van der Waals surface area contributed by atoms with Crippen LogP contribution in [-0.2, 0) is 6.42 Å². The Morgan fingerprint density at radius 1 is 1.09 bits per heavy atom. The number of thiophene rings is 1. The van der Waals surface area contributed by atoms with Crippen LogP contribution in [0, 0.1) is 11.6 Å². The van der Waals surface area contributed by atoms with Gasteiger partial charge in [-0.25, -0.2) is 8.78 Å². The molecule has 6 heteroatoms. The standard InChI is InChI=1S/C9H11FO2.C8H5FOS/c10-8-3-1-2-7(4-8)5-9(12)6-11;9-6-1-2-7-5(8(6)10)3-4-11-7/h1-4,9,11-12H,5-6H2;1-4,10H. The van der Waals surface area contributed by atoms with E-state index in [1.54, 1.807) is 24.3 Å². The molecular formula is C17H16F2O3S. The summed E-state index contributed by atoms with van der Waals surface area (Å²) in [6.07, 6.45) is -0.513. The van der Waals surface area contributed by atoms with Crippen LogP contribution in [-0.4, -0.2) is 28.0 Å². The largest absolute Gasteiger partial charge is 0.504 e. The van der Waals surface area contributed by atoms with Crippen molar-refractivity contribution >= 4 is 21.4 Å². The molecule has 0 amide bonds. The maximum Gasteiger partial charge on any atom is 0.165 e. The molecule has 3 nitrogen and oxygen atoms in total. The second kappa shape index (κ2) is 8.01. The molecule has 0 spiro atoms. The van der Waals surface area contributed by atoms with Crippen molar-refractivity contribution in [3.63, 3.8) is 0 Å². The van der Waals surface area contributed by atoms with E-state index in [0.29, 0.717) is 10.9 Å². The number of hydrogen-bond donors (Lipinski definition) is 3. The summed E-state index contributed by atoms with van der Waals surface area (Å²) in [6, 6.07) is 10.6. The molecule has 0 bridgehead atoms. The van der Waals surface area contributed by atoms with Crippen molar-refractivity contribution < 1.29 is 24.1 Å². The lowest BCUT2D eigenvalue weighted by Crippen LogP contribution is -2.14. The second-order valence-corrected chi connectivity index (χ2v) is 5.85. The van der Waals surface area contributed by atoms with Crippen LogP contribution < -0.4 is 0 Å². The number of aromatic hydroxyl groups is 1. The predicted octanol–water partition coefficient (Wildman–Crippen LogP) is 3.47. The van der Waals surface area contributed by atoms with Crippen LogP contribution >= 0.6 is 11.3 Å². The third kappa shape index (κ3) is 4.72. The molecule has 0 fully saturated rings. The minimum atomic E-state index is -0.799. The zero-order chi connectivity index (χ0) is 16.8. The summed E-state index contributed by atoms with van der Waals surface area (Å²) in [5.41, 5.74) is 0.691. The number of benzene rings is 2. The molecule has 0 saturated carbocycles. The number of fused-ring (bicyclic) bond motifs is 1. The number of halogens is 2. The Bertz CT molecular complexity index is 773. The van der Waals surface area contributed by atoms with Crippen molar-refractivity contribution in [1.29, 1.82) is 0 Å². The fraction of sp³-hybridized carbons (Fsp3) is 0.176. The van der Waals surface area contributed by atoms with Gasteiger partial charge in [0.15, 0.2) is 11.6 Å². The summed E-state index contributed by atoms with van der Waals surface area (Å²) in [7, 11) is 0. The quantitative estimate of drug-likeness (QED) is 0.685. The van der Waals surface area contributed by atoms with Gasteiger partial charge >= 0.3 is 0 Å². The van der Waals surface area contributed by atoms with Crippen LogP contribution in [0.3, 0.4) is 0 Å². The van der Waals surface area contributed by atoms with E-state index in [-0.39, 0.29) is 24.6 Å². The zero-order valence-corrected chi connectivity index (χ0v) is 12.9. The number of rotatable bonds is 3. The van der Waals surface area contributed by atoms with Gasteiger partial charge in [0.25, 0.3) is 0 Å². The molecule has 3 aromatic rings. The number of aliphatic hydroxyl groups excluding tert-OH is 2. The molecule has 0 aliphatic rings. The van der Waals surface area contributed by atoms with E-state index in [9.17, 15) is 13.9 Å². The monoisotopic (exact) mass is 338 g/mol. The molecular weight excluding hydrogens is 322 g/mol. The second-order valence-electron chi connectivity index (χ2n) is 4.90. The summed E-state index contributed by atoms with van der Waals surface area (Å²) in [6.45, 7) is -0.295. The summed E-state index contributed by atoms with van der Waals surface area (Å²) >= 11 is 1.48. The van der Waals surface area contributed by atoms with Crippen molar-refractivity contribution in [3.8, 4) is 5.75 Å². The van der Waals surface area contributed by atoms with E-state index in [2.05, 4.69) is 0 Å². The van der Waals surface area contributed by atoms with Gasteiger partial charge in [0, 0.05) is 16.5 Å². The Labute approximate surface area is 136 Å². The van der Waals surface area contributed by atoms with Crippen molar-refractivity contribution in [1.82, 2.24) is 0 Å². The van der Waals surface area contributed by atoms with E-state index in [0.717, 1.165) is 4.70 Å². The van der Waals surface area contributed by atoms with E-state index in [4.69, 9.17) is 10.2 Å².